The van der Waals surface area contributed by atoms with Gasteiger partial charge in [0.2, 0.25) is 0 Å². The van der Waals surface area contributed by atoms with Crippen molar-refractivity contribution in [3.05, 3.63) is 35.9 Å². The first-order valence-electron chi connectivity index (χ1n) is 9.32. The van der Waals surface area contributed by atoms with Gasteiger partial charge in [-0.15, -0.1) is 0 Å². The van der Waals surface area contributed by atoms with Crippen molar-refractivity contribution in [3.63, 3.8) is 0 Å². The molecule has 5 nitrogen and oxygen atoms in total. The van der Waals surface area contributed by atoms with Gasteiger partial charge < -0.3 is 20.1 Å². The third-order valence-corrected chi connectivity index (χ3v) is 4.01. The van der Waals surface area contributed by atoms with Gasteiger partial charge in [0.05, 0.1) is 13.2 Å². The van der Waals surface area contributed by atoms with Gasteiger partial charge in [-0.1, -0.05) is 44.2 Å². The number of ether oxygens (including phenoxy) is 2. The summed E-state index contributed by atoms with van der Waals surface area (Å²) in [4.78, 5) is 4.79. The van der Waals surface area contributed by atoms with Gasteiger partial charge in [0.25, 0.3) is 0 Å². The van der Waals surface area contributed by atoms with E-state index >= 15 is 0 Å². The maximum absolute atomic E-state index is 5.48. The molecule has 0 fully saturated rings. The zero-order chi connectivity index (χ0) is 18.3. The summed E-state index contributed by atoms with van der Waals surface area (Å²) in [5.41, 5.74) is 1.35. The highest BCUT2D eigenvalue weighted by molar-refractivity contribution is 5.79. The van der Waals surface area contributed by atoms with E-state index in [-0.39, 0.29) is 0 Å². The third kappa shape index (κ3) is 9.46. The van der Waals surface area contributed by atoms with E-state index in [1.165, 1.54) is 5.56 Å². The Kier molecular flexibility index (Phi) is 11.7. The molecule has 0 amide bonds. The quantitative estimate of drug-likeness (QED) is 0.346. The molecule has 0 bridgehead atoms. The van der Waals surface area contributed by atoms with Crippen LogP contribution in [-0.2, 0) is 9.47 Å². The summed E-state index contributed by atoms with van der Waals surface area (Å²) in [5.74, 6) is 1.85. The van der Waals surface area contributed by atoms with Gasteiger partial charge in [0.15, 0.2) is 5.96 Å². The second kappa shape index (κ2) is 13.7. The maximum atomic E-state index is 5.48. The fraction of sp³-hybridized carbons (Fsp3) is 0.650. The van der Waals surface area contributed by atoms with Crippen molar-refractivity contribution in [1.82, 2.24) is 10.6 Å². The lowest BCUT2D eigenvalue weighted by Gasteiger charge is -2.20. The van der Waals surface area contributed by atoms with Gasteiger partial charge in [-0.2, -0.15) is 0 Å². The van der Waals surface area contributed by atoms with Crippen molar-refractivity contribution in [2.75, 3.05) is 46.6 Å². The molecule has 0 aliphatic heterocycles. The number of aliphatic imine (C=N–C) groups is 1. The van der Waals surface area contributed by atoms with Gasteiger partial charge in [0.1, 0.15) is 0 Å². The summed E-state index contributed by atoms with van der Waals surface area (Å²) in [6.07, 6.45) is 0.945. The van der Waals surface area contributed by atoms with E-state index in [0.717, 1.165) is 38.6 Å². The van der Waals surface area contributed by atoms with E-state index in [2.05, 4.69) is 61.7 Å². The van der Waals surface area contributed by atoms with Crippen molar-refractivity contribution in [2.24, 2.45) is 10.9 Å². The maximum Gasteiger partial charge on any atom is 0.191 e. The largest absolute Gasteiger partial charge is 0.382 e. The zero-order valence-corrected chi connectivity index (χ0v) is 16.3. The molecule has 0 saturated heterocycles. The fourth-order valence-corrected chi connectivity index (χ4v) is 2.56. The molecule has 0 aliphatic rings. The molecule has 5 heteroatoms. The van der Waals surface area contributed by atoms with Crippen LogP contribution in [0.1, 0.15) is 38.7 Å². The van der Waals surface area contributed by atoms with Crippen LogP contribution in [0.5, 0.6) is 0 Å². The molecule has 0 saturated carbocycles. The van der Waals surface area contributed by atoms with E-state index < -0.39 is 0 Å². The smallest absolute Gasteiger partial charge is 0.191 e. The number of guanidine groups is 1. The van der Waals surface area contributed by atoms with Gasteiger partial charge in [-0.25, -0.2) is 0 Å². The average Bonchev–Trinajstić information content (AvgIpc) is 2.61. The molecule has 0 aromatic heterocycles. The number of nitrogens with one attached hydrogen (secondary N) is 2. The van der Waals surface area contributed by atoms with E-state index in [4.69, 9.17) is 14.5 Å². The normalized spacial score (nSPS) is 13.1. The molecular weight excluding hydrogens is 314 g/mol. The first-order valence-corrected chi connectivity index (χ1v) is 9.32. The summed E-state index contributed by atoms with van der Waals surface area (Å²) < 4.78 is 10.4. The van der Waals surface area contributed by atoms with Crippen LogP contribution >= 0.6 is 0 Å². The van der Waals surface area contributed by atoms with Crippen LogP contribution in [0.4, 0.5) is 0 Å². The standard InChI is InChI=1S/C20H35N3O2/c1-5-21-20(22-12-9-13-25-15-14-24-4)23-16-19(17(2)3)18-10-7-6-8-11-18/h6-8,10-11,17,19H,5,9,12-16H2,1-4H3,(H2,21,22,23). The van der Waals surface area contributed by atoms with E-state index in [1.54, 1.807) is 7.11 Å². The van der Waals surface area contributed by atoms with Crippen molar-refractivity contribution >= 4 is 5.96 Å². The van der Waals surface area contributed by atoms with Gasteiger partial charge in [-0.05, 0) is 24.8 Å². The molecule has 0 heterocycles. The van der Waals surface area contributed by atoms with Crippen LogP contribution in [0.2, 0.25) is 0 Å². The Morgan fingerprint density at radius 3 is 2.48 bits per heavy atom. The van der Waals surface area contributed by atoms with Crippen LogP contribution in [-0.4, -0.2) is 52.5 Å². The van der Waals surface area contributed by atoms with E-state index in [1.807, 2.05) is 0 Å². The van der Waals surface area contributed by atoms with Crippen molar-refractivity contribution < 1.29 is 9.47 Å². The lowest BCUT2D eigenvalue weighted by Crippen LogP contribution is -2.38. The van der Waals surface area contributed by atoms with Gasteiger partial charge in [-0.3, -0.25) is 4.99 Å². The van der Waals surface area contributed by atoms with E-state index in [9.17, 15) is 0 Å². The molecule has 0 aliphatic carbocycles. The Morgan fingerprint density at radius 2 is 1.84 bits per heavy atom. The first kappa shape index (κ1) is 21.5. The fourth-order valence-electron chi connectivity index (χ4n) is 2.56. The predicted molar refractivity (Wildman–Crippen MR) is 105 cm³/mol. The van der Waals surface area contributed by atoms with Crippen LogP contribution < -0.4 is 10.6 Å². The topological polar surface area (TPSA) is 54.9 Å². The molecular formula is C20H35N3O2. The summed E-state index contributed by atoms with van der Waals surface area (Å²) in [6.45, 7) is 11.1. The molecule has 1 atom stereocenters. The number of nitrogens with zero attached hydrogens (tertiary/aromatic N) is 1. The lowest BCUT2D eigenvalue weighted by atomic mass is 9.88. The monoisotopic (exact) mass is 349 g/mol. The minimum absolute atomic E-state index is 0.425. The third-order valence-electron chi connectivity index (χ3n) is 4.01. The summed E-state index contributed by atoms with van der Waals surface area (Å²) in [7, 11) is 1.68. The van der Waals surface area contributed by atoms with Crippen molar-refractivity contribution in [2.45, 2.75) is 33.1 Å². The average molecular weight is 350 g/mol. The molecule has 25 heavy (non-hydrogen) atoms. The molecule has 0 radical (unpaired) electrons. The SMILES string of the molecule is CCNC(=NCC(c1ccccc1)C(C)C)NCCCOCCOC. The van der Waals surface area contributed by atoms with Crippen molar-refractivity contribution in [3.8, 4) is 0 Å². The van der Waals surface area contributed by atoms with Gasteiger partial charge in [0, 0.05) is 39.3 Å². The zero-order valence-electron chi connectivity index (χ0n) is 16.3. The molecule has 142 valence electrons. The van der Waals surface area contributed by atoms with Crippen LogP contribution in [0.25, 0.3) is 0 Å². The number of rotatable bonds is 12. The van der Waals surface area contributed by atoms with Crippen molar-refractivity contribution in [1.29, 1.82) is 0 Å². The molecule has 1 aromatic carbocycles. The Hall–Kier alpha value is -1.59. The highest BCUT2D eigenvalue weighted by atomic mass is 16.5. The molecule has 0 spiro atoms. The second-order valence-electron chi connectivity index (χ2n) is 6.37. The lowest BCUT2D eigenvalue weighted by molar-refractivity contribution is 0.0698. The molecule has 2 N–H and O–H groups in total. The minimum atomic E-state index is 0.425. The second-order valence-corrected chi connectivity index (χ2v) is 6.37. The summed E-state index contributed by atoms with van der Waals surface area (Å²) in [5, 5.41) is 6.70. The number of benzene rings is 1. The summed E-state index contributed by atoms with van der Waals surface area (Å²) in [6, 6.07) is 10.6. The van der Waals surface area contributed by atoms with E-state index in [0.29, 0.717) is 25.0 Å². The highest BCUT2D eigenvalue weighted by Crippen LogP contribution is 2.24. The molecule has 1 aromatic rings. The summed E-state index contributed by atoms with van der Waals surface area (Å²) >= 11 is 0. The Morgan fingerprint density at radius 1 is 1.08 bits per heavy atom. The molecule has 1 unspecified atom stereocenters. The number of hydrogen-bond acceptors (Lipinski definition) is 3. The minimum Gasteiger partial charge on any atom is -0.382 e. The Labute approximate surface area is 153 Å². The Bertz CT molecular complexity index is 463. The van der Waals surface area contributed by atoms with Crippen LogP contribution in [0.3, 0.4) is 0 Å². The molecule has 1 rings (SSSR count). The Balaban J connectivity index is 2.47. The van der Waals surface area contributed by atoms with Crippen LogP contribution in [0.15, 0.2) is 35.3 Å². The highest BCUT2D eigenvalue weighted by Gasteiger charge is 2.15. The number of hydrogen-bond donors (Lipinski definition) is 2. The predicted octanol–water partition coefficient (Wildman–Crippen LogP) is 3.03. The van der Waals surface area contributed by atoms with Gasteiger partial charge >= 0.3 is 0 Å². The van der Waals surface area contributed by atoms with Crippen LogP contribution in [0, 0.1) is 5.92 Å². The number of methoxy groups -OCH3 is 1. The first-order chi connectivity index (χ1) is 12.2.